The van der Waals surface area contributed by atoms with Gasteiger partial charge in [0.05, 0.1) is 24.4 Å². The van der Waals surface area contributed by atoms with E-state index in [9.17, 15) is 8.42 Å². The molecule has 4 aromatic carbocycles. The Labute approximate surface area is 207 Å². The first-order valence-corrected chi connectivity index (χ1v) is 13.4. The molecule has 0 N–H and O–H groups in total. The maximum atomic E-state index is 14.2. The van der Waals surface area contributed by atoms with Crippen LogP contribution in [0.25, 0.3) is 10.8 Å². The van der Waals surface area contributed by atoms with Gasteiger partial charge in [-0.3, -0.25) is 0 Å². The molecule has 0 fully saturated rings. The number of fused-ring (bicyclic) bond motifs is 3. The second-order valence-corrected chi connectivity index (χ2v) is 11.6. The van der Waals surface area contributed by atoms with E-state index < -0.39 is 15.1 Å². The predicted molar refractivity (Wildman–Crippen MR) is 141 cm³/mol. The maximum absolute atomic E-state index is 14.2. The quantitative estimate of drug-likeness (QED) is 0.317. The van der Waals surface area contributed by atoms with Crippen molar-refractivity contribution < 1.29 is 17.9 Å². The van der Waals surface area contributed by atoms with E-state index in [4.69, 9.17) is 9.47 Å². The zero-order chi connectivity index (χ0) is 24.7. The summed E-state index contributed by atoms with van der Waals surface area (Å²) in [6, 6.07) is 25.2. The summed E-state index contributed by atoms with van der Waals surface area (Å²) in [7, 11) is -0.296. The van der Waals surface area contributed by atoms with Crippen molar-refractivity contribution in [1.29, 1.82) is 0 Å². The number of ether oxygens (including phenoxy) is 2. The van der Waals surface area contributed by atoms with Crippen molar-refractivity contribution >= 4 is 20.6 Å². The third-order valence-electron chi connectivity index (χ3n) is 7.30. The Balaban J connectivity index is 1.85. The van der Waals surface area contributed by atoms with Crippen molar-refractivity contribution in [2.45, 2.75) is 42.2 Å². The Bertz CT molecular complexity index is 1470. The first-order valence-electron chi connectivity index (χ1n) is 11.9. The van der Waals surface area contributed by atoms with Gasteiger partial charge in [0.1, 0.15) is 11.5 Å². The van der Waals surface area contributed by atoms with E-state index >= 15 is 0 Å². The van der Waals surface area contributed by atoms with E-state index in [0.717, 1.165) is 44.5 Å². The fourth-order valence-corrected chi connectivity index (χ4v) is 7.64. The molecule has 0 spiro atoms. The lowest BCUT2D eigenvalue weighted by Gasteiger charge is -2.38. The van der Waals surface area contributed by atoms with Gasteiger partial charge in [0.2, 0.25) is 0 Å². The summed E-state index contributed by atoms with van der Waals surface area (Å²) in [6.45, 7) is 4.08. The van der Waals surface area contributed by atoms with E-state index in [1.165, 1.54) is 0 Å². The van der Waals surface area contributed by atoms with Gasteiger partial charge in [-0.1, -0.05) is 67.1 Å². The van der Waals surface area contributed by atoms with Crippen LogP contribution in [0, 0.1) is 6.92 Å². The monoisotopic (exact) mass is 486 g/mol. The lowest BCUT2D eigenvalue weighted by atomic mass is 9.72. The highest BCUT2D eigenvalue weighted by molar-refractivity contribution is 7.92. The third-order valence-corrected chi connectivity index (χ3v) is 9.50. The molecule has 1 aliphatic carbocycles. The van der Waals surface area contributed by atoms with Gasteiger partial charge in [-0.05, 0) is 60.2 Å². The number of hydrogen-bond acceptors (Lipinski definition) is 4. The molecule has 5 rings (SSSR count). The number of benzene rings is 4. The molecular formula is C30H30O4S. The van der Waals surface area contributed by atoms with Gasteiger partial charge in [0, 0.05) is 16.7 Å². The standard InChI is InChI=1S/C30H30O4S/c1-19-13-15-22(16-14-19)35(31,32)27-17-20(2)24-18-26(34-4)23-11-8-12-25(33-3)29(23)30(24)28(27)21-9-6-5-7-10-21/h5-16,18,20,27-28H,17H2,1-4H3/t20-,27+,28-/m1/s1. The van der Waals surface area contributed by atoms with Crippen molar-refractivity contribution in [2.75, 3.05) is 14.2 Å². The lowest BCUT2D eigenvalue weighted by molar-refractivity contribution is 0.412. The first kappa shape index (κ1) is 23.4. The van der Waals surface area contributed by atoms with Gasteiger partial charge >= 0.3 is 0 Å². The summed E-state index contributed by atoms with van der Waals surface area (Å²) in [6.07, 6.45) is 0.520. The Hall–Kier alpha value is -3.31. The normalized spacial score (nSPS) is 19.8. The smallest absolute Gasteiger partial charge is 0.182 e. The third kappa shape index (κ3) is 3.88. The minimum atomic E-state index is -3.63. The van der Waals surface area contributed by atoms with Crippen LogP contribution < -0.4 is 9.47 Å². The second-order valence-electron chi connectivity index (χ2n) is 9.39. The van der Waals surface area contributed by atoms with Crippen LogP contribution in [0.5, 0.6) is 11.5 Å². The number of hydrogen-bond donors (Lipinski definition) is 0. The number of methoxy groups -OCH3 is 2. The van der Waals surface area contributed by atoms with E-state index in [1.54, 1.807) is 26.4 Å². The topological polar surface area (TPSA) is 52.6 Å². The van der Waals surface area contributed by atoms with Crippen LogP contribution in [0.1, 0.15) is 47.4 Å². The van der Waals surface area contributed by atoms with Gasteiger partial charge < -0.3 is 9.47 Å². The molecule has 0 radical (unpaired) electrons. The van der Waals surface area contributed by atoms with E-state index in [2.05, 4.69) is 13.0 Å². The Morgan fingerprint density at radius 2 is 1.51 bits per heavy atom. The Morgan fingerprint density at radius 1 is 0.829 bits per heavy atom. The zero-order valence-electron chi connectivity index (χ0n) is 20.5. The minimum absolute atomic E-state index is 0.0263. The second kappa shape index (κ2) is 9.04. The molecule has 1 aliphatic rings. The molecule has 0 bridgehead atoms. The SMILES string of the molecule is COc1cc2c(c3c(OC)cccc13)[C@H](c1ccccc1)[C@@H](S(=O)(=O)c1ccc(C)cc1)C[C@H]2C. The maximum Gasteiger partial charge on any atom is 0.182 e. The highest BCUT2D eigenvalue weighted by atomic mass is 32.2. The van der Waals surface area contributed by atoms with Gasteiger partial charge in [0.25, 0.3) is 0 Å². The lowest BCUT2D eigenvalue weighted by Crippen LogP contribution is -2.35. The predicted octanol–water partition coefficient (Wildman–Crippen LogP) is 6.65. The van der Waals surface area contributed by atoms with Crippen LogP contribution in [0.15, 0.2) is 83.8 Å². The molecule has 0 saturated carbocycles. The average molecular weight is 487 g/mol. The van der Waals surface area contributed by atoms with E-state index in [0.29, 0.717) is 11.3 Å². The Morgan fingerprint density at radius 3 is 2.17 bits per heavy atom. The zero-order valence-corrected chi connectivity index (χ0v) is 21.3. The highest BCUT2D eigenvalue weighted by Gasteiger charge is 2.44. The fraction of sp³-hybridized carbons (Fsp3) is 0.267. The number of rotatable bonds is 5. The van der Waals surface area contributed by atoms with Crippen molar-refractivity contribution in [2.24, 2.45) is 0 Å². The fourth-order valence-electron chi connectivity index (χ4n) is 5.58. The summed E-state index contributed by atoms with van der Waals surface area (Å²) in [4.78, 5) is 0.370. The van der Waals surface area contributed by atoms with Crippen LogP contribution in [-0.2, 0) is 9.84 Å². The molecule has 35 heavy (non-hydrogen) atoms. The molecular weight excluding hydrogens is 456 g/mol. The molecule has 5 heteroatoms. The number of aryl methyl sites for hydroxylation is 1. The molecule has 0 aliphatic heterocycles. The molecule has 4 nitrogen and oxygen atoms in total. The molecule has 180 valence electrons. The molecule has 3 atom stereocenters. The summed E-state index contributed by atoms with van der Waals surface area (Å²) in [5.74, 6) is 1.17. The highest BCUT2D eigenvalue weighted by Crippen LogP contribution is 2.52. The molecule has 0 heterocycles. The van der Waals surface area contributed by atoms with Gasteiger partial charge in [-0.25, -0.2) is 8.42 Å². The van der Waals surface area contributed by atoms with Crippen molar-refractivity contribution in [1.82, 2.24) is 0 Å². The molecule has 0 amide bonds. The summed E-state index contributed by atoms with van der Waals surface area (Å²) in [5, 5.41) is 1.23. The van der Waals surface area contributed by atoms with Crippen molar-refractivity contribution in [3.63, 3.8) is 0 Å². The number of sulfone groups is 1. The first-order chi connectivity index (χ1) is 16.9. The van der Waals surface area contributed by atoms with Crippen LogP contribution in [0.4, 0.5) is 0 Å². The van der Waals surface area contributed by atoms with E-state index in [-0.39, 0.29) is 11.8 Å². The summed E-state index contributed by atoms with van der Waals surface area (Å²) < 4.78 is 40.0. The van der Waals surface area contributed by atoms with Gasteiger partial charge in [-0.15, -0.1) is 0 Å². The molecule has 0 saturated heterocycles. The Kier molecular flexibility index (Phi) is 6.06. The minimum Gasteiger partial charge on any atom is -0.496 e. The van der Waals surface area contributed by atoms with Crippen molar-refractivity contribution in [3.8, 4) is 11.5 Å². The summed E-state index contributed by atoms with van der Waals surface area (Å²) >= 11 is 0. The van der Waals surface area contributed by atoms with Crippen LogP contribution in [-0.4, -0.2) is 27.9 Å². The van der Waals surface area contributed by atoms with Crippen molar-refractivity contribution in [3.05, 3.63) is 101 Å². The van der Waals surface area contributed by atoms with E-state index in [1.807, 2.05) is 67.6 Å². The summed E-state index contributed by atoms with van der Waals surface area (Å²) in [5.41, 5.74) is 4.15. The average Bonchev–Trinajstić information content (AvgIpc) is 2.88. The molecule has 0 aromatic heterocycles. The van der Waals surface area contributed by atoms with Crippen LogP contribution in [0.2, 0.25) is 0 Å². The largest absolute Gasteiger partial charge is 0.496 e. The van der Waals surface area contributed by atoms with Crippen LogP contribution >= 0.6 is 0 Å². The molecule has 4 aromatic rings. The molecule has 0 unspecified atom stereocenters. The van der Waals surface area contributed by atoms with Crippen LogP contribution in [0.3, 0.4) is 0 Å². The van der Waals surface area contributed by atoms with Gasteiger partial charge in [0.15, 0.2) is 9.84 Å². The van der Waals surface area contributed by atoms with Gasteiger partial charge in [-0.2, -0.15) is 0 Å².